The Balaban J connectivity index is 2.79. The van der Waals surface area contributed by atoms with Crippen molar-refractivity contribution >= 4 is 12.2 Å². The molecule has 0 bridgehead atoms. The van der Waals surface area contributed by atoms with Crippen molar-refractivity contribution in [3.05, 3.63) is 58.2 Å². The molecule has 6 heteroatoms. The van der Waals surface area contributed by atoms with Crippen LogP contribution in [-0.4, -0.2) is 10.4 Å². The lowest BCUT2D eigenvalue weighted by atomic mass is 10.1. The van der Waals surface area contributed by atoms with E-state index in [1.54, 1.807) is 24.3 Å². The van der Waals surface area contributed by atoms with Crippen LogP contribution in [0.1, 0.15) is 11.1 Å². The van der Waals surface area contributed by atoms with Crippen LogP contribution in [0.2, 0.25) is 0 Å². The maximum atomic E-state index is 10.3. The van der Waals surface area contributed by atoms with E-state index in [-0.39, 0.29) is 0 Å². The fourth-order valence-electron chi connectivity index (χ4n) is 1.10. The zero-order valence-electron chi connectivity index (χ0n) is 8.33. The zero-order chi connectivity index (χ0) is 12.0. The molecule has 0 saturated heterocycles. The fourth-order valence-corrected chi connectivity index (χ4v) is 1.10. The lowest BCUT2D eigenvalue weighted by Crippen LogP contribution is -2.99. The molecular formula is C10H12N2O4. The highest BCUT2D eigenvalue weighted by molar-refractivity contribution is 5.56. The van der Waals surface area contributed by atoms with Gasteiger partial charge in [0.1, 0.15) is 12.4 Å². The maximum absolute atomic E-state index is 10.3. The van der Waals surface area contributed by atoms with Gasteiger partial charge in [-0.05, 0) is 17.2 Å². The van der Waals surface area contributed by atoms with Crippen LogP contribution in [0.4, 0.5) is 0 Å². The second-order valence-electron chi connectivity index (χ2n) is 3.01. The number of hydrogen-bond acceptors (Lipinski definition) is 4. The quantitative estimate of drug-likeness (QED) is 0.502. The number of hydrogen-bond donors (Lipinski definition) is 4. The third-order valence-corrected chi connectivity index (χ3v) is 1.75. The minimum atomic E-state index is -1.02. The molecule has 2 atom stereocenters. The Bertz CT molecular complexity index is 355. The zero-order valence-corrected chi connectivity index (χ0v) is 8.33. The van der Waals surface area contributed by atoms with Gasteiger partial charge in [0, 0.05) is 12.2 Å². The van der Waals surface area contributed by atoms with E-state index >= 15 is 0 Å². The summed E-state index contributed by atoms with van der Waals surface area (Å²) in [6, 6.07) is 6.89. The van der Waals surface area contributed by atoms with Gasteiger partial charge in [-0.1, -0.05) is 18.2 Å². The van der Waals surface area contributed by atoms with Crippen molar-refractivity contribution in [1.29, 1.82) is 0 Å². The molecule has 6 nitrogen and oxygen atoms in total. The molecule has 1 aromatic carbocycles. The summed E-state index contributed by atoms with van der Waals surface area (Å²) in [4.78, 5) is 0. The van der Waals surface area contributed by atoms with E-state index in [1.807, 2.05) is 0 Å². The largest absolute Gasteiger partial charge is 0.595 e. The molecule has 1 aromatic rings. The number of benzene rings is 1. The van der Waals surface area contributed by atoms with Gasteiger partial charge in [-0.25, -0.2) is 20.9 Å². The Labute approximate surface area is 92.0 Å². The van der Waals surface area contributed by atoms with Gasteiger partial charge in [-0.2, -0.15) is 0 Å². The third-order valence-electron chi connectivity index (χ3n) is 1.75. The molecule has 0 spiro atoms. The van der Waals surface area contributed by atoms with Gasteiger partial charge in [0.15, 0.2) is 0 Å². The normalized spacial score (nSPS) is 15.8. The van der Waals surface area contributed by atoms with E-state index in [0.717, 1.165) is 12.4 Å². The highest BCUT2D eigenvalue weighted by atomic mass is 16.8. The molecule has 0 aromatic heterocycles. The predicted molar refractivity (Wildman–Crippen MR) is 56.7 cm³/mol. The van der Waals surface area contributed by atoms with Crippen LogP contribution in [0.5, 0.6) is 0 Å². The summed E-state index contributed by atoms with van der Waals surface area (Å²) >= 11 is 0. The average molecular weight is 224 g/mol. The SMILES string of the molecule is [O-][NH+](O)C=Cc1cccc(C=C[NH+]([O-])O)c1. The van der Waals surface area contributed by atoms with Crippen LogP contribution in [0.3, 0.4) is 0 Å². The van der Waals surface area contributed by atoms with Crippen LogP contribution in [-0.2, 0) is 0 Å². The Morgan fingerprint density at radius 2 is 1.38 bits per heavy atom. The minimum absolute atomic E-state index is 0.704. The van der Waals surface area contributed by atoms with Gasteiger partial charge in [-0.3, -0.25) is 0 Å². The molecular weight excluding hydrogens is 212 g/mol. The Morgan fingerprint density at radius 1 is 0.938 bits per heavy atom. The van der Waals surface area contributed by atoms with Crippen molar-refractivity contribution in [2.45, 2.75) is 0 Å². The second kappa shape index (κ2) is 6.13. The molecule has 0 fully saturated rings. The van der Waals surface area contributed by atoms with Crippen molar-refractivity contribution in [2.24, 2.45) is 0 Å². The van der Waals surface area contributed by atoms with Crippen molar-refractivity contribution in [3.8, 4) is 0 Å². The molecule has 0 aliphatic heterocycles. The monoisotopic (exact) mass is 224 g/mol. The van der Waals surface area contributed by atoms with Crippen molar-refractivity contribution in [3.63, 3.8) is 0 Å². The maximum Gasteiger partial charge on any atom is 0.127 e. The number of nitrogens with one attached hydrogen (secondary N) is 2. The van der Waals surface area contributed by atoms with E-state index in [9.17, 15) is 10.4 Å². The smallest absolute Gasteiger partial charge is 0.127 e. The first kappa shape index (κ1) is 12.5. The summed E-state index contributed by atoms with van der Waals surface area (Å²) in [7, 11) is 0. The third kappa shape index (κ3) is 4.80. The summed E-state index contributed by atoms with van der Waals surface area (Å²) in [6.07, 6.45) is 4.95. The van der Waals surface area contributed by atoms with Gasteiger partial charge in [0.05, 0.1) is 0 Å². The molecule has 0 amide bonds. The molecule has 1 rings (SSSR count). The van der Waals surface area contributed by atoms with E-state index in [0.29, 0.717) is 11.1 Å². The van der Waals surface area contributed by atoms with Crippen molar-refractivity contribution in [1.82, 2.24) is 0 Å². The summed E-state index contributed by atoms with van der Waals surface area (Å²) in [5.74, 6) is 0. The summed E-state index contributed by atoms with van der Waals surface area (Å²) < 4.78 is 0. The molecule has 0 radical (unpaired) electrons. The highest BCUT2D eigenvalue weighted by Crippen LogP contribution is 2.07. The van der Waals surface area contributed by atoms with E-state index < -0.39 is 10.5 Å². The van der Waals surface area contributed by atoms with Gasteiger partial charge >= 0.3 is 0 Å². The molecule has 16 heavy (non-hydrogen) atoms. The molecule has 86 valence electrons. The first-order chi connectivity index (χ1) is 7.58. The molecule has 2 unspecified atom stereocenters. The van der Waals surface area contributed by atoms with Crippen LogP contribution in [0.15, 0.2) is 36.7 Å². The first-order valence-corrected chi connectivity index (χ1v) is 4.50. The average Bonchev–Trinajstić information content (AvgIpc) is 2.24. The van der Waals surface area contributed by atoms with Gasteiger partial charge in [0.2, 0.25) is 0 Å². The van der Waals surface area contributed by atoms with Crippen LogP contribution in [0.25, 0.3) is 12.2 Å². The van der Waals surface area contributed by atoms with Crippen LogP contribution in [0, 0.1) is 10.4 Å². The van der Waals surface area contributed by atoms with Crippen molar-refractivity contribution < 1.29 is 20.9 Å². The van der Waals surface area contributed by atoms with E-state index in [4.69, 9.17) is 10.4 Å². The van der Waals surface area contributed by atoms with Crippen LogP contribution < -0.4 is 10.5 Å². The summed E-state index contributed by atoms with van der Waals surface area (Å²) in [6.45, 7) is 0. The topological polar surface area (TPSA) is 95.5 Å². The second-order valence-corrected chi connectivity index (χ2v) is 3.01. The number of quaternary nitrogens is 2. The van der Waals surface area contributed by atoms with Gasteiger partial charge < -0.3 is 10.4 Å². The lowest BCUT2D eigenvalue weighted by molar-refractivity contribution is -1.00. The number of rotatable bonds is 4. The molecule has 0 heterocycles. The molecule has 0 saturated carbocycles. The van der Waals surface area contributed by atoms with Crippen molar-refractivity contribution in [2.75, 3.05) is 0 Å². The molecule has 0 aliphatic carbocycles. The lowest BCUT2D eigenvalue weighted by Gasteiger charge is -2.05. The summed E-state index contributed by atoms with van der Waals surface area (Å²) in [5, 5.41) is 35.4. The van der Waals surface area contributed by atoms with Crippen LogP contribution >= 0.6 is 0 Å². The fraction of sp³-hybridized carbons (Fsp3) is 0. The Hall–Kier alpha value is -1.54. The number of hydroxylamine groups is 4. The van der Waals surface area contributed by atoms with E-state index in [2.05, 4.69) is 0 Å². The first-order valence-electron chi connectivity index (χ1n) is 4.50. The Morgan fingerprint density at radius 3 is 1.75 bits per heavy atom. The molecule has 0 aliphatic rings. The highest BCUT2D eigenvalue weighted by Gasteiger charge is 1.91. The minimum Gasteiger partial charge on any atom is -0.595 e. The summed E-state index contributed by atoms with van der Waals surface area (Å²) in [5.41, 5.74) is 1.41. The Kier molecular flexibility index (Phi) is 4.80. The van der Waals surface area contributed by atoms with E-state index in [1.165, 1.54) is 12.2 Å². The van der Waals surface area contributed by atoms with Gasteiger partial charge in [0.25, 0.3) is 0 Å². The van der Waals surface area contributed by atoms with Gasteiger partial charge in [-0.15, -0.1) is 0 Å². The predicted octanol–water partition coefficient (Wildman–Crippen LogP) is -0.828. The molecule has 4 N–H and O–H groups in total. The standard InChI is InChI=1S/C10H12N2O4/c13-11(14)6-4-9-2-1-3-10(8-9)5-7-12(15)16/h1-8,11-13,15H.